The highest BCUT2D eigenvalue weighted by molar-refractivity contribution is 6.31. The van der Waals surface area contributed by atoms with Gasteiger partial charge in [-0.3, -0.25) is 9.59 Å². The number of nitrogens with zero attached hydrogens (tertiary/aromatic N) is 1. The summed E-state index contributed by atoms with van der Waals surface area (Å²) < 4.78 is 10.6. The van der Waals surface area contributed by atoms with E-state index < -0.39 is 29.3 Å². The van der Waals surface area contributed by atoms with Crippen LogP contribution in [0, 0.1) is 0 Å². The molecule has 1 amide bonds. The summed E-state index contributed by atoms with van der Waals surface area (Å²) in [6, 6.07) is 20.2. The number of rotatable bonds is 6. The van der Waals surface area contributed by atoms with E-state index in [9.17, 15) is 19.5 Å². The van der Waals surface area contributed by atoms with Crippen molar-refractivity contribution >= 4 is 39.9 Å². The van der Waals surface area contributed by atoms with Crippen LogP contribution in [0.3, 0.4) is 0 Å². The van der Waals surface area contributed by atoms with Crippen LogP contribution in [0.4, 0.5) is 5.69 Å². The number of benzene rings is 3. The minimum absolute atomic E-state index is 0.115. The van der Waals surface area contributed by atoms with Gasteiger partial charge in [0.1, 0.15) is 5.56 Å². The van der Waals surface area contributed by atoms with Crippen LogP contribution in [0.5, 0.6) is 5.75 Å². The van der Waals surface area contributed by atoms with Crippen molar-refractivity contribution in [2.75, 3.05) is 12.0 Å². The molecule has 0 saturated heterocycles. The Morgan fingerprint density at radius 3 is 2.57 bits per heavy atom. The summed E-state index contributed by atoms with van der Waals surface area (Å²) in [7, 11) is 1.45. The first-order valence-corrected chi connectivity index (χ1v) is 11.2. The minimum Gasteiger partial charge on any atom is -0.493 e. The summed E-state index contributed by atoms with van der Waals surface area (Å²) in [5.41, 5.74) is -1.61. The van der Waals surface area contributed by atoms with Crippen LogP contribution >= 0.6 is 11.6 Å². The number of hydrogen-bond acceptors (Lipinski definition) is 6. The lowest BCUT2D eigenvalue weighted by Crippen LogP contribution is -2.42. The molecule has 4 aromatic rings. The highest BCUT2D eigenvalue weighted by Crippen LogP contribution is 2.44. The van der Waals surface area contributed by atoms with Crippen LogP contribution in [-0.4, -0.2) is 23.9 Å². The van der Waals surface area contributed by atoms with Crippen molar-refractivity contribution in [2.45, 2.75) is 18.6 Å². The Balaban J connectivity index is 1.52. The van der Waals surface area contributed by atoms with E-state index in [1.54, 1.807) is 66.7 Å². The molecule has 1 aliphatic rings. The fourth-order valence-electron chi connectivity index (χ4n) is 4.43. The van der Waals surface area contributed by atoms with Crippen LogP contribution in [0.25, 0.3) is 11.0 Å². The zero-order chi connectivity index (χ0) is 24.7. The third-order valence-electron chi connectivity index (χ3n) is 6.19. The number of Topliss-reactive ketones (excluding diaryl/α,β-unsaturated/α-hetero) is 1. The Morgan fingerprint density at radius 2 is 1.80 bits per heavy atom. The first-order valence-electron chi connectivity index (χ1n) is 10.8. The van der Waals surface area contributed by atoms with Gasteiger partial charge in [-0.1, -0.05) is 60.1 Å². The van der Waals surface area contributed by atoms with Gasteiger partial charge in [-0.15, -0.1) is 0 Å². The van der Waals surface area contributed by atoms with E-state index in [0.717, 1.165) is 0 Å². The third kappa shape index (κ3) is 3.79. The number of hydrogen-bond donors (Lipinski definition) is 1. The Labute approximate surface area is 205 Å². The molecule has 7 nitrogen and oxygen atoms in total. The van der Waals surface area contributed by atoms with Gasteiger partial charge >= 0.3 is 5.63 Å². The van der Waals surface area contributed by atoms with Gasteiger partial charge in [0.15, 0.2) is 22.7 Å². The zero-order valence-electron chi connectivity index (χ0n) is 18.7. The number of ketones is 1. The van der Waals surface area contributed by atoms with Gasteiger partial charge in [-0.05, 0) is 29.8 Å². The van der Waals surface area contributed by atoms with E-state index in [0.29, 0.717) is 27.4 Å². The second-order valence-electron chi connectivity index (χ2n) is 8.29. The number of fused-ring (bicyclic) bond motifs is 2. The van der Waals surface area contributed by atoms with Gasteiger partial charge in [-0.25, -0.2) is 4.79 Å². The molecule has 176 valence electrons. The van der Waals surface area contributed by atoms with E-state index in [1.165, 1.54) is 18.1 Å². The highest BCUT2D eigenvalue weighted by atomic mass is 35.5. The lowest BCUT2D eigenvalue weighted by atomic mass is 9.88. The summed E-state index contributed by atoms with van der Waals surface area (Å²) in [6.07, 6.45) is -0.623. The van der Waals surface area contributed by atoms with E-state index in [2.05, 4.69) is 0 Å². The molecule has 1 aliphatic heterocycles. The maximum Gasteiger partial charge on any atom is 0.347 e. The Hall–Kier alpha value is -3.94. The van der Waals surface area contributed by atoms with Gasteiger partial charge in [0.25, 0.3) is 5.91 Å². The first-order chi connectivity index (χ1) is 16.8. The van der Waals surface area contributed by atoms with Crippen LogP contribution in [0.2, 0.25) is 5.02 Å². The van der Waals surface area contributed by atoms with Crippen molar-refractivity contribution < 1.29 is 23.8 Å². The van der Waals surface area contributed by atoms with E-state index in [1.807, 2.05) is 0 Å². The molecule has 0 aliphatic carbocycles. The molecule has 0 fully saturated rings. The fourth-order valence-corrected chi connectivity index (χ4v) is 4.63. The SMILES string of the molecule is COc1cccc2cc(C(=O)C[C@]3(O)C(=O)N(Cc4ccccc4Cl)c4ccccc43)c(=O)oc12. The molecular weight excluding hydrogens is 470 g/mol. The largest absolute Gasteiger partial charge is 0.493 e. The number of carbonyl (C=O) groups excluding carboxylic acids is 2. The Bertz CT molecular complexity index is 1540. The van der Waals surface area contributed by atoms with Crippen LogP contribution < -0.4 is 15.3 Å². The summed E-state index contributed by atoms with van der Waals surface area (Å²) in [6.45, 7) is 0.115. The quantitative estimate of drug-likeness (QED) is 0.317. The number of ether oxygens (including phenoxy) is 1. The van der Waals surface area contributed by atoms with Crippen molar-refractivity contribution in [1.29, 1.82) is 0 Å². The zero-order valence-corrected chi connectivity index (χ0v) is 19.4. The molecule has 3 aromatic carbocycles. The van der Waals surface area contributed by atoms with Crippen molar-refractivity contribution in [3.05, 3.63) is 105 Å². The third-order valence-corrected chi connectivity index (χ3v) is 6.55. The molecule has 0 bridgehead atoms. The van der Waals surface area contributed by atoms with E-state index in [4.69, 9.17) is 20.8 Å². The number of carbonyl (C=O) groups is 2. The monoisotopic (exact) mass is 489 g/mol. The molecule has 0 saturated carbocycles. The van der Waals surface area contributed by atoms with E-state index in [-0.39, 0.29) is 23.3 Å². The van der Waals surface area contributed by atoms with Crippen molar-refractivity contribution in [1.82, 2.24) is 0 Å². The number of halogens is 1. The number of amides is 1. The molecule has 35 heavy (non-hydrogen) atoms. The van der Waals surface area contributed by atoms with Gasteiger partial charge in [0.05, 0.1) is 25.8 Å². The second-order valence-corrected chi connectivity index (χ2v) is 8.69. The van der Waals surface area contributed by atoms with Gasteiger partial charge < -0.3 is 19.2 Å². The Morgan fingerprint density at radius 1 is 1.06 bits per heavy atom. The molecule has 1 aromatic heterocycles. The maximum atomic E-state index is 13.5. The topological polar surface area (TPSA) is 97.0 Å². The second kappa shape index (κ2) is 8.69. The van der Waals surface area contributed by atoms with Crippen molar-refractivity contribution in [3.63, 3.8) is 0 Å². The number of anilines is 1. The summed E-state index contributed by atoms with van der Waals surface area (Å²) in [4.78, 5) is 40.8. The predicted octanol–water partition coefficient (Wildman–Crippen LogP) is 4.46. The minimum atomic E-state index is -2.15. The molecule has 0 unspecified atom stereocenters. The average molecular weight is 490 g/mol. The maximum absolute atomic E-state index is 13.5. The lowest BCUT2D eigenvalue weighted by Gasteiger charge is -2.23. The Kier molecular flexibility index (Phi) is 5.67. The normalized spacial score (nSPS) is 17.0. The molecule has 8 heteroatoms. The molecule has 5 rings (SSSR count). The van der Waals surface area contributed by atoms with Crippen molar-refractivity contribution in [2.24, 2.45) is 0 Å². The number of methoxy groups -OCH3 is 1. The molecular formula is C27H20ClNO6. The van der Waals surface area contributed by atoms with Gasteiger partial charge in [0.2, 0.25) is 0 Å². The summed E-state index contributed by atoms with van der Waals surface area (Å²) in [5.74, 6) is -1.03. The summed E-state index contributed by atoms with van der Waals surface area (Å²) in [5, 5.41) is 12.5. The van der Waals surface area contributed by atoms with Gasteiger partial charge in [0, 0.05) is 16.0 Å². The van der Waals surface area contributed by atoms with Crippen LogP contribution in [0.15, 0.2) is 82.0 Å². The standard InChI is InChI=1S/C27H20ClNO6/c1-34-23-12-6-8-16-13-18(25(31)35-24(16)23)22(30)14-27(33)19-9-3-5-11-21(19)29(26(27)32)15-17-7-2-4-10-20(17)28/h2-13,33H,14-15H2,1H3/t27-/m1/s1. The molecule has 1 N–H and O–H groups in total. The summed E-state index contributed by atoms with van der Waals surface area (Å²) >= 11 is 6.29. The fraction of sp³-hybridized carbons (Fsp3) is 0.148. The lowest BCUT2D eigenvalue weighted by molar-refractivity contribution is -0.136. The average Bonchev–Trinajstić information content (AvgIpc) is 3.06. The smallest absolute Gasteiger partial charge is 0.347 e. The molecule has 2 heterocycles. The number of para-hydroxylation sites is 2. The highest BCUT2D eigenvalue weighted by Gasteiger charge is 2.51. The molecule has 0 spiro atoms. The molecule has 1 atom stereocenters. The van der Waals surface area contributed by atoms with Gasteiger partial charge in [-0.2, -0.15) is 0 Å². The number of aliphatic hydroxyl groups is 1. The van der Waals surface area contributed by atoms with E-state index >= 15 is 0 Å². The van der Waals surface area contributed by atoms with Crippen molar-refractivity contribution in [3.8, 4) is 5.75 Å². The molecule has 0 radical (unpaired) electrons. The van der Waals surface area contributed by atoms with Crippen LogP contribution in [-0.2, 0) is 16.9 Å². The first kappa shape index (κ1) is 22.8. The van der Waals surface area contributed by atoms with Crippen LogP contribution in [0.1, 0.15) is 27.9 Å². The predicted molar refractivity (Wildman–Crippen MR) is 131 cm³/mol.